The third-order valence-corrected chi connectivity index (χ3v) is 6.69. The van der Waals surface area contributed by atoms with E-state index in [4.69, 9.17) is 21.1 Å². The molecule has 4 rings (SSSR count). The van der Waals surface area contributed by atoms with Gasteiger partial charge in [0, 0.05) is 29.5 Å². The molecule has 0 aliphatic carbocycles. The van der Waals surface area contributed by atoms with Crippen LogP contribution >= 0.6 is 11.6 Å². The Morgan fingerprint density at radius 1 is 1.00 bits per heavy atom. The number of fused-ring (bicyclic) bond motifs is 1. The first kappa shape index (κ1) is 27.1. The summed E-state index contributed by atoms with van der Waals surface area (Å²) >= 11 is 6.16. The summed E-state index contributed by atoms with van der Waals surface area (Å²) in [6.07, 6.45) is 0. The average molecular weight is 535 g/mol. The van der Waals surface area contributed by atoms with Gasteiger partial charge in [0.25, 0.3) is 5.91 Å². The number of carbonyl (C=O) groups is 2. The number of halogens is 1. The van der Waals surface area contributed by atoms with Crippen molar-refractivity contribution in [3.8, 4) is 17.2 Å². The number of aromatic nitrogens is 1. The second-order valence-electron chi connectivity index (χ2n) is 9.98. The fourth-order valence-electron chi connectivity index (χ4n) is 4.43. The van der Waals surface area contributed by atoms with Gasteiger partial charge in [0.05, 0.1) is 0 Å². The molecule has 0 fully saturated rings. The summed E-state index contributed by atoms with van der Waals surface area (Å²) in [6, 6.07) is 16.6. The molecular weight excluding hydrogens is 504 g/mol. The van der Waals surface area contributed by atoms with Crippen LogP contribution < -0.4 is 14.8 Å². The molecule has 1 heterocycles. The maximum atomic E-state index is 13.1. The van der Waals surface area contributed by atoms with Gasteiger partial charge in [-0.1, -0.05) is 17.7 Å². The van der Waals surface area contributed by atoms with Gasteiger partial charge in [0.1, 0.15) is 22.9 Å². The van der Waals surface area contributed by atoms with E-state index in [1.165, 1.54) is 13.8 Å². The number of carboxylic acids is 1. The smallest absolute Gasteiger partial charge is 0.347 e. The van der Waals surface area contributed by atoms with Crippen molar-refractivity contribution in [3.63, 3.8) is 0 Å². The molecule has 0 saturated heterocycles. The Kier molecular flexibility index (Phi) is 7.42. The molecule has 8 heteroatoms. The number of benzene rings is 3. The lowest BCUT2D eigenvalue weighted by Gasteiger charge is -2.23. The largest absolute Gasteiger partial charge is 0.478 e. The first-order valence-corrected chi connectivity index (χ1v) is 12.6. The number of hydrogen-bond acceptors (Lipinski definition) is 4. The molecule has 198 valence electrons. The minimum absolute atomic E-state index is 0.170. The van der Waals surface area contributed by atoms with Crippen molar-refractivity contribution in [1.29, 1.82) is 0 Å². The quantitative estimate of drug-likeness (QED) is 0.262. The molecule has 0 spiro atoms. The van der Waals surface area contributed by atoms with Gasteiger partial charge in [-0.3, -0.25) is 4.79 Å². The van der Waals surface area contributed by atoms with Gasteiger partial charge in [-0.2, -0.15) is 0 Å². The lowest BCUT2D eigenvalue weighted by Crippen LogP contribution is -2.38. The van der Waals surface area contributed by atoms with Crippen LogP contribution in [0, 0.1) is 20.8 Å². The summed E-state index contributed by atoms with van der Waals surface area (Å²) in [5, 5.41) is 13.9. The first-order valence-electron chi connectivity index (χ1n) is 12.2. The third kappa shape index (κ3) is 5.63. The van der Waals surface area contributed by atoms with Gasteiger partial charge in [-0.25, -0.2) is 4.79 Å². The van der Waals surface area contributed by atoms with Crippen molar-refractivity contribution in [1.82, 2.24) is 9.88 Å². The molecule has 4 aromatic rings. The average Bonchev–Trinajstić information content (AvgIpc) is 3.08. The highest BCUT2D eigenvalue weighted by atomic mass is 35.5. The lowest BCUT2D eigenvalue weighted by atomic mass is 10.1. The van der Waals surface area contributed by atoms with Crippen LogP contribution in [0.4, 0.5) is 0 Å². The van der Waals surface area contributed by atoms with Crippen molar-refractivity contribution in [2.45, 2.75) is 46.8 Å². The number of ether oxygens (including phenoxy) is 2. The van der Waals surface area contributed by atoms with Crippen LogP contribution in [0.5, 0.6) is 17.2 Å². The van der Waals surface area contributed by atoms with Gasteiger partial charge in [0.2, 0.25) is 0 Å². The summed E-state index contributed by atoms with van der Waals surface area (Å²) in [4.78, 5) is 24.5. The first-order chi connectivity index (χ1) is 17.9. The predicted octanol–water partition coefficient (Wildman–Crippen LogP) is 6.72. The van der Waals surface area contributed by atoms with Crippen LogP contribution in [0.3, 0.4) is 0 Å². The van der Waals surface area contributed by atoms with Crippen LogP contribution in [0.25, 0.3) is 10.9 Å². The number of nitrogens with zero attached hydrogens (tertiary/aromatic N) is 1. The standard InChI is InChI=1S/C30H31ClN2O5/c1-17-11-20(16-32-28(34)27-19(3)24-15-21(31)7-9-25(24)33(27)6)14-23(12-17)37-22-8-10-26(18(2)13-22)38-30(4,5)29(35)36/h7-15H,16H2,1-6H3,(H,32,34)(H,35,36). The minimum atomic E-state index is -1.35. The van der Waals surface area contributed by atoms with Crippen molar-refractivity contribution in [2.75, 3.05) is 0 Å². The van der Waals surface area contributed by atoms with E-state index in [1.807, 2.05) is 68.8 Å². The molecule has 7 nitrogen and oxygen atoms in total. The molecule has 0 aliphatic heterocycles. The zero-order valence-electron chi connectivity index (χ0n) is 22.3. The molecule has 0 unspecified atom stereocenters. The van der Waals surface area contributed by atoms with E-state index in [-0.39, 0.29) is 5.91 Å². The predicted molar refractivity (Wildman–Crippen MR) is 149 cm³/mol. The lowest BCUT2D eigenvalue weighted by molar-refractivity contribution is -0.152. The Morgan fingerprint density at radius 3 is 2.42 bits per heavy atom. The number of rotatable bonds is 8. The van der Waals surface area contributed by atoms with E-state index in [0.717, 1.165) is 33.2 Å². The summed E-state index contributed by atoms with van der Waals surface area (Å²) < 4.78 is 13.6. The maximum Gasteiger partial charge on any atom is 0.347 e. The highest BCUT2D eigenvalue weighted by Crippen LogP contribution is 2.31. The van der Waals surface area contributed by atoms with Gasteiger partial charge < -0.3 is 24.5 Å². The van der Waals surface area contributed by atoms with Crippen molar-refractivity contribution in [3.05, 3.63) is 87.6 Å². The van der Waals surface area contributed by atoms with Gasteiger partial charge in [0.15, 0.2) is 5.60 Å². The van der Waals surface area contributed by atoms with Gasteiger partial charge in [-0.05, 0) is 105 Å². The Morgan fingerprint density at radius 2 is 1.74 bits per heavy atom. The number of carboxylic acid groups (broad SMARTS) is 1. The zero-order valence-corrected chi connectivity index (χ0v) is 23.1. The molecule has 0 saturated carbocycles. The molecule has 0 radical (unpaired) electrons. The SMILES string of the molecule is Cc1cc(CNC(=O)c2c(C)c3cc(Cl)ccc3n2C)cc(Oc2ccc(OC(C)(C)C(=O)O)c(C)c2)c1. The Balaban J connectivity index is 1.49. The molecule has 0 bridgehead atoms. The molecular formula is C30H31ClN2O5. The monoisotopic (exact) mass is 534 g/mol. The number of aryl methyl sites for hydroxylation is 4. The number of amides is 1. The topological polar surface area (TPSA) is 89.8 Å². The molecule has 2 N–H and O–H groups in total. The maximum absolute atomic E-state index is 13.1. The fourth-order valence-corrected chi connectivity index (χ4v) is 4.60. The van der Waals surface area contributed by atoms with Crippen LogP contribution in [-0.2, 0) is 18.4 Å². The van der Waals surface area contributed by atoms with Gasteiger partial charge >= 0.3 is 5.97 Å². The fraction of sp³-hybridized carbons (Fsp3) is 0.267. The summed E-state index contributed by atoms with van der Waals surface area (Å²) in [6.45, 7) is 9.06. The molecule has 1 aromatic heterocycles. The van der Waals surface area contributed by atoms with E-state index in [1.54, 1.807) is 18.2 Å². The Bertz CT molecular complexity index is 1550. The van der Waals surface area contributed by atoms with Gasteiger partial charge in [-0.15, -0.1) is 0 Å². The van der Waals surface area contributed by atoms with Crippen molar-refractivity contribution < 1.29 is 24.2 Å². The van der Waals surface area contributed by atoms with E-state index in [2.05, 4.69) is 5.32 Å². The Labute approximate surface area is 226 Å². The van der Waals surface area contributed by atoms with Crippen LogP contribution in [0.15, 0.2) is 54.6 Å². The number of hydrogen-bond donors (Lipinski definition) is 2. The number of nitrogens with one attached hydrogen (secondary N) is 1. The third-order valence-electron chi connectivity index (χ3n) is 6.46. The second kappa shape index (κ2) is 10.4. The number of carbonyl (C=O) groups excluding carboxylic acids is 1. The van der Waals surface area contributed by atoms with E-state index < -0.39 is 11.6 Å². The summed E-state index contributed by atoms with van der Waals surface area (Å²) in [7, 11) is 1.87. The van der Waals surface area contributed by atoms with E-state index in [9.17, 15) is 14.7 Å². The Hall–Kier alpha value is -3.97. The van der Waals surface area contributed by atoms with Crippen LogP contribution in [0.2, 0.25) is 5.02 Å². The van der Waals surface area contributed by atoms with Crippen LogP contribution in [0.1, 0.15) is 46.6 Å². The molecule has 0 aliphatic rings. The zero-order chi connectivity index (χ0) is 27.8. The number of aliphatic carboxylic acids is 1. The second-order valence-corrected chi connectivity index (χ2v) is 10.4. The molecule has 1 amide bonds. The van der Waals surface area contributed by atoms with E-state index in [0.29, 0.717) is 34.5 Å². The summed E-state index contributed by atoms with van der Waals surface area (Å²) in [5.74, 6) is 0.480. The van der Waals surface area contributed by atoms with Crippen LogP contribution in [-0.4, -0.2) is 27.2 Å². The highest BCUT2D eigenvalue weighted by Gasteiger charge is 2.30. The summed E-state index contributed by atoms with van der Waals surface area (Å²) in [5.41, 5.74) is 3.71. The van der Waals surface area contributed by atoms with E-state index >= 15 is 0 Å². The molecule has 0 atom stereocenters. The van der Waals surface area contributed by atoms with Crippen molar-refractivity contribution >= 4 is 34.4 Å². The van der Waals surface area contributed by atoms with Crippen molar-refractivity contribution in [2.24, 2.45) is 7.05 Å². The molecule has 3 aromatic carbocycles. The molecule has 38 heavy (non-hydrogen) atoms. The highest BCUT2D eigenvalue weighted by molar-refractivity contribution is 6.31. The normalized spacial score (nSPS) is 11.4. The minimum Gasteiger partial charge on any atom is -0.478 e.